The summed E-state index contributed by atoms with van der Waals surface area (Å²) in [6, 6.07) is 10.8. The van der Waals surface area contributed by atoms with Crippen molar-refractivity contribution in [3.8, 4) is 0 Å². The van der Waals surface area contributed by atoms with Gasteiger partial charge in [0, 0.05) is 18.4 Å². The lowest BCUT2D eigenvalue weighted by Crippen LogP contribution is -2.26. The number of nitrogens with one attached hydrogen (secondary N) is 1. The average Bonchev–Trinajstić information content (AvgIpc) is 2.44. The van der Waals surface area contributed by atoms with Gasteiger partial charge in [0.15, 0.2) is 0 Å². The van der Waals surface area contributed by atoms with Gasteiger partial charge >= 0.3 is 0 Å². The van der Waals surface area contributed by atoms with Crippen LogP contribution in [0.25, 0.3) is 10.8 Å². The van der Waals surface area contributed by atoms with Crippen molar-refractivity contribution < 1.29 is 13.2 Å². The molecule has 112 valence electrons. The lowest BCUT2D eigenvalue weighted by atomic mass is 10.1. The summed E-state index contributed by atoms with van der Waals surface area (Å²) in [6.07, 6.45) is 0.551. The Morgan fingerprint density at radius 2 is 1.81 bits per heavy atom. The monoisotopic (exact) mass is 306 g/mol. The minimum atomic E-state index is -3.60. The molecule has 0 bridgehead atoms. The minimum Gasteiger partial charge on any atom is -0.370 e. The number of hydrogen-bond donors (Lipinski definition) is 2. The van der Waals surface area contributed by atoms with E-state index < -0.39 is 15.9 Å². The summed E-state index contributed by atoms with van der Waals surface area (Å²) in [5.74, 6) is -0.435. The van der Waals surface area contributed by atoms with Crippen LogP contribution in [0.3, 0.4) is 0 Å². The number of rotatable bonds is 6. The van der Waals surface area contributed by atoms with Gasteiger partial charge in [-0.25, -0.2) is 13.1 Å². The first-order valence-corrected chi connectivity index (χ1v) is 8.16. The normalized spacial score (nSPS) is 11.7. The maximum Gasteiger partial charge on any atom is 0.241 e. The fourth-order valence-corrected chi connectivity index (χ4v) is 3.49. The number of fused-ring (bicyclic) bond motifs is 1. The van der Waals surface area contributed by atoms with E-state index in [1.807, 2.05) is 25.1 Å². The van der Waals surface area contributed by atoms with Crippen LogP contribution in [-0.4, -0.2) is 20.9 Å². The zero-order valence-corrected chi connectivity index (χ0v) is 12.6. The number of aryl methyl sites for hydroxylation is 1. The summed E-state index contributed by atoms with van der Waals surface area (Å²) >= 11 is 0. The summed E-state index contributed by atoms with van der Waals surface area (Å²) in [7, 11) is -3.60. The summed E-state index contributed by atoms with van der Waals surface area (Å²) < 4.78 is 27.3. The number of nitrogens with two attached hydrogens (primary N) is 1. The molecule has 0 unspecified atom stereocenters. The van der Waals surface area contributed by atoms with E-state index in [0.29, 0.717) is 11.8 Å². The van der Waals surface area contributed by atoms with Crippen molar-refractivity contribution >= 4 is 26.7 Å². The lowest BCUT2D eigenvalue weighted by molar-refractivity contribution is -0.118. The van der Waals surface area contributed by atoms with Crippen LogP contribution >= 0.6 is 0 Å². The first kappa shape index (κ1) is 15.5. The maximum absolute atomic E-state index is 12.4. The van der Waals surface area contributed by atoms with Crippen molar-refractivity contribution in [1.82, 2.24) is 4.72 Å². The van der Waals surface area contributed by atoms with E-state index in [-0.39, 0.29) is 17.9 Å². The second-order valence-corrected chi connectivity index (χ2v) is 6.63. The number of amides is 1. The Morgan fingerprint density at radius 3 is 2.48 bits per heavy atom. The highest BCUT2D eigenvalue weighted by Crippen LogP contribution is 2.25. The van der Waals surface area contributed by atoms with Gasteiger partial charge in [-0.2, -0.15) is 0 Å². The van der Waals surface area contributed by atoms with Crippen molar-refractivity contribution in [1.29, 1.82) is 0 Å². The van der Waals surface area contributed by atoms with Crippen molar-refractivity contribution in [3.05, 3.63) is 42.0 Å². The first-order chi connectivity index (χ1) is 9.92. The van der Waals surface area contributed by atoms with E-state index in [4.69, 9.17) is 5.73 Å². The summed E-state index contributed by atoms with van der Waals surface area (Å²) in [6.45, 7) is 2.13. The number of carbonyl (C=O) groups excluding carboxylic acids is 1. The molecule has 0 saturated carbocycles. The Balaban J connectivity index is 2.28. The molecule has 0 saturated heterocycles. The molecule has 0 radical (unpaired) electrons. The average molecular weight is 306 g/mol. The number of hydrogen-bond acceptors (Lipinski definition) is 3. The molecular formula is C15H18N2O3S. The molecule has 2 aromatic rings. The molecule has 0 aliphatic rings. The maximum atomic E-state index is 12.4. The van der Waals surface area contributed by atoms with Crippen molar-refractivity contribution in [2.24, 2.45) is 5.73 Å². The highest BCUT2D eigenvalue weighted by atomic mass is 32.2. The molecule has 2 aromatic carbocycles. The van der Waals surface area contributed by atoms with E-state index in [0.717, 1.165) is 10.9 Å². The number of sulfonamides is 1. The Morgan fingerprint density at radius 1 is 1.14 bits per heavy atom. The highest BCUT2D eigenvalue weighted by Gasteiger charge is 2.17. The second-order valence-electron chi connectivity index (χ2n) is 4.89. The molecule has 1 amide bonds. The number of carbonyl (C=O) groups is 1. The van der Waals surface area contributed by atoms with Crippen LogP contribution in [0.1, 0.15) is 18.4 Å². The summed E-state index contributed by atoms with van der Waals surface area (Å²) in [5.41, 5.74) is 6.05. The van der Waals surface area contributed by atoms with Gasteiger partial charge in [0.1, 0.15) is 0 Å². The van der Waals surface area contributed by atoms with Crippen LogP contribution < -0.4 is 10.5 Å². The molecule has 21 heavy (non-hydrogen) atoms. The first-order valence-electron chi connectivity index (χ1n) is 6.68. The molecule has 0 aliphatic heterocycles. The topological polar surface area (TPSA) is 89.3 Å². The molecule has 0 spiro atoms. The summed E-state index contributed by atoms with van der Waals surface area (Å²) in [5, 5.41) is 1.61. The SMILES string of the molecule is Cc1ccc(S(=O)(=O)NCCCC(N)=O)c2ccccc12. The predicted molar refractivity (Wildman–Crippen MR) is 82.3 cm³/mol. The Bertz CT molecular complexity index is 770. The van der Waals surface area contributed by atoms with Crippen LogP contribution in [0, 0.1) is 6.92 Å². The number of primary amides is 1. The van der Waals surface area contributed by atoms with Crippen molar-refractivity contribution in [2.75, 3.05) is 6.54 Å². The molecular weight excluding hydrogens is 288 g/mol. The molecule has 5 nitrogen and oxygen atoms in total. The van der Waals surface area contributed by atoms with Gasteiger partial charge < -0.3 is 5.73 Å². The van der Waals surface area contributed by atoms with Crippen LogP contribution in [0.5, 0.6) is 0 Å². The van der Waals surface area contributed by atoms with Crippen LogP contribution in [0.4, 0.5) is 0 Å². The van der Waals surface area contributed by atoms with Crippen LogP contribution in [0.2, 0.25) is 0 Å². The van der Waals surface area contributed by atoms with Gasteiger partial charge in [0.25, 0.3) is 0 Å². The minimum absolute atomic E-state index is 0.164. The smallest absolute Gasteiger partial charge is 0.241 e. The van der Waals surface area contributed by atoms with Crippen molar-refractivity contribution in [3.63, 3.8) is 0 Å². The summed E-state index contributed by atoms with van der Waals surface area (Å²) in [4.78, 5) is 10.9. The van der Waals surface area contributed by atoms with Gasteiger partial charge in [0.05, 0.1) is 4.90 Å². The van der Waals surface area contributed by atoms with Gasteiger partial charge in [-0.05, 0) is 30.4 Å². The molecule has 0 aliphatic carbocycles. The van der Waals surface area contributed by atoms with E-state index in [9.17, 15) is 13.2 Å². The number of benzene rings is 2. The molecule has 0 atom stereocenters. The molecule has 0 fully saturated rings. The zero-order chi connectivity index (χ0) is 15.5. The Hall–Kier alpha value is -1.92. The van der Waals surface area contributed by atoms with Crippen molar-refractivity contribution in [2.45, 2.75) is 24.7 Å². The zero-order valence-electron chi connectivity index (χ0n) is 11.8. The molecule has 3 N–H and O–H groups in total. The molecule has 0 aromatic heterocycles. The van der Waals surface area contributed by atoms with Crippen LogP contribution in [0.15, 0.2) is 41.3 Å². The lowest BCUT2D eigenvalue weighted by Gasteiger charge is -2.11. The third-order valence-electron chi connectivity index (χ3n) is 3.28. The van der Waals surface area contributed by atoms with Gasteiger partial charge in [0.2, 0.25) is 15.9 Å². The van der Waals surface area contributed by atoms with Gasteiger partial charge in [-0.3, -0.25) is 4.79 Å². The van der Waals surface area contributed by atoms with E-state index in [1.165, 1.54) is 0 Å². The van der Waals surface area contributed by atoms with Gasteiger partial charge in [-0.1, -0.05) is 30.3 Å². The van der Waals surface area contributed by atoms with E-state index >= 15 is 0 Å². The molecule has 6 heteroatoms. The predicted octanol–water partition coefficient (Wildman–Crippen LogP) is 1.69. The Kier molecular flexibility index (Phi) is 4.59. The quantitative estimate of drug-likeness (QED) is 0.796. The van der Waals surface area contributed by atoms with E-state index in [1.54, 1.807) is 18.2 Å². The fourth-order valence-electron chi connectivity index (χ4n) is 2.20. The molecule has 2 rings (SSSR count). The Labute approximate surface area is 124 Å². The second kappa shape index (κ2) is 6.24. The third kappa shape index (κ3) is 3.59. The van der Waals surface area contributed by atoms with Gasteiger partial charge in [-0.15, -0.1) is 0 Å². The standard InChI is InChI=1S/C15H18N2O3S/c1-11-8-9-14(13-6-3-2-5-12(11)13)21(19,20)17-10-4-7-15(16)18/h2-3,5-6,8-9,17H,4,7,10H2,1H3,(H2,16,18). The van der Waals surface area contributed by atoms with E-state index in [2.05, 4.69) is 4.72 Å². The highest BCUT2D eigenvalue weighted by molar-refractivity contribution is 7.89. The fraction of sp³-hybridized carbons (Fsp3) is 0.267. The largest absolute Gasteiger partial charge is 0.370 e. The third-order valence-corrected chi connectivity index (χ3v) is 4.80. The molecule has 0 heterocycles. The van der Waals surface area contributed by atoms with Crippen LogP contribution in [-0.2, 0) is 14.8 Å².